The molecule has 0 bridgehead atoms. The number of nitrogens with zero attached hydrogens (tertiary/aromatic N) is 2. The Labute approximate surface area is 89.1 Å². The second-order valence-corrected chi connectivity index (χ2v) is 3.85. The van der Waals surface area contributed by atoms with Crippen molar-refractivity contribution in [1.29, 1.82) is 0 Å². The van der Waals surface area contributed by atoms with Crippen molar-refractivity contribution in [2.75, 3.05) is 24.3 Å². The van der Waals surface area contributed by atoms with Gasteiger partial charge in [-0.3, -0.25) is 0 Å². The minimum Gasteiger partial charge on any atom is -0.381 e. The third-order valence-electron chi connectivity index (χ3n) is 2.76. The Balaban J connectivity index is 1.99. The predicted molar refractivity (Wildman–Crippen MR) is 58.5 cm³/mol. The first-order chi connectivity index (χ1) is 7.27. The lowest BCUT2D eigenvalue weighted by Crippen LogP contribution is -2.27. The lowest BCUT2D eigenvalue weighted by atomic mass is 10.0. The third-order valence-corrected chi connectivity index (χ3v) is 2.76. The van der Waals surface area contributed by atoms with Crippen LogP contribution in [0.3, 0.4) is 0 Å². The number of anilines is 2. The molecule has 0 aromatic carbocycles. The highest BCUT2D eigenvalue weighted by Gasteiger charge is 2.22. The summed E-state index contributed by atoms with van der Waals surface area (Å²) in [6.07, 6.45) is 4.31. The van der Waals surface area contributed by atoms with E-state index in [-0.39, 0.29) is 0 Å². The van der Waals surface area contributed by atoms with E-state index in [0.717, 1.165) is 19.6 Å². The van der Waals surface area contributed by atoms with Crippen molar-refractivity contribution in [2.24, 2.45) is 5.92 Å². The summed E-state index contributed by atoms with van der Waals surface area (Å²) in [6.45, 7) is 3.79. The normalized spacial score (nSPS) is 22.6. The molecule has 1 saturated heterocycles. The molecule has 5 heteroatoms. The molecule has 1 aliphatic heterocycles. The summed E-state index contributed by atoms with van der Waals surface area (Å²) in [5.41, 5.74) is 5.70. The van der Waals surface area contributed by atoms with E-state index in [1.807, 2.05) is 0 Å². The van der Waals surface area contributed by atoms with Gasteiger partial charge < -0.3 is 15.8 Å². The van der Waals surface area contributed by atoms with Gasteiger partial charge in [-0.05, 0) is 13.3 Å². The van der Waals surface area contributed by atoms with Crippen LogP contribution >= 0.6 is 0 Å². The van der Waals surface area contributed by atoms with Crippen LogP contribution in [0.1, 0.15) is 13.3 Å². The summed E-state index contributed by atoms with van der Waals surface area (Å²) in [6, 6.07) is 0.312. The smallest absolute Gasteiger partial charge is 0.169 e. The standard InChI is InChI=1S/C10H16N4O/c1-7(8-2-5-15-6-8)14-10-9(11)12-3-4-13-10/h3-4,7-8H,2,5-6H2,1H3,(H2,11,12)(H,13,14). The first kappa shape index (κ1) is 10.2. The number of ether oxygens (including phenoxy) is 1. The van der Waals surface area contributed by atoms with Crippen molar-refractivity contribution in [3.8, 4) is 0 Å². The van der Waals surface area contributed by atoms with Crippen molar-refractivity contribution in [3.63, 3.8) is 0 Å². The van der Waals surface area contributed by atoms with Gasteiger partial charge in [0, 0.05) is 31.0 Å². The van der Waals surface area contributed by atoms with E-state index >= 15 is 0 Å². The van der Waals surface area contributed by atoms with Crippen LogP contribution in [0.5, 0.6) is 0 Å². The molecule has 82 valence electrons. The molecule has 1 aliphatic rings. The monoisotopic (exact) mass is 208 g/mol. The lowest BCUT2D eigenvalue weighted by molar-refractivity contribution is 0.183. The molecule has 2 rings (SSSR count). The van der Waals surface area contributed by atoms with Crippen molar-refractivity contribution in [1.82, 2.24) is 9.97 Å². The molecule has 0 radical (unpaired) electrons. The molecule has 2 unspecified atom stereocenters. The fourth-order valence-electron chi connectivity index (χ4n) is 1.74. The molecule has 5 nitrogen and oxygen atoms in total. The Morgan fingerprint density at radius 2 is 2.33 bits per heavy atom. The third kappa shape index (κ3) is 2.36. The van der Waals surface area contributed by atoms with Gasteiger partial charge in [-0.25, -0.2) is 9.97 Å². The molecule has 1 aromatic heterocycles. The highest BCUT2D eigenvalue weighted by Crippen LogP contribution is 2.20. The Morgan fingerprint density at radius 3 is 3.00 bits per heavy atom. The minimum absolute atomic E-state index is 0.312. The number of nitrogen functional groups attached to an aromatic ring is 1. The van der Waals surface area contributed by atoms with Crippen LogP contribution < -0.4 is 11.1 Å². The molecule has 1 aromatic rings. The molecular weight excluding hydrogens is 192 g/mol. The number of hydrogen-bond acceptors (Lipinski definition) is 5. The maximum absolute atomic E-state index is 5.70. The fourth-order valence-corrected chi connectivity index (χ4v) is 1.74. The average Bonchev–Trinajstić information content (AvgIpc) is 2.74. The minimum atomic E-state index is 0.312. The highest BCUT2D eigenvalue weighted by atomic mass is 16.5. The van der Waals surface area contributed by atoms with Crippen LogP contribution in [0, 0.1) is 5.92 Å². The quantitative estimate of drug-likeness (QED) is 0.772. The first-order valence-corrected chi connectivity index (χ1v) is 5.18. The molecule has 0 amide bonds. The zero-order valence-corrected chi connectivity index (χ0v) is 8.81. The SMILES string of the molecule is CC(Nc1nccnc1N)C1CCOC1. The van der Waals surface area contributed by atoms with Crippen LogP contribution in [0.25, 0.3) is 0 Å². The van der Waals surface area contributed by atoms with Crippen LogP contribution in [-0.2, 0) is 4.74 Å². The van der Waals surface area contributed by atoms with E-state index in [9.17, 15) is 0 Å². The van der Waals surface area contributed by atoms with Crippen LogP contribution in [0.4, 0.5) is 11.6 Å². The van der Waals surface area contributed by atoms with Crippen LogP contribution in [0.2, 0.25) is 0 Å². The molecule has 2 heterocycles. The van der Waals surface area contributed by atoms with Gasteiger partial charge in [0.2, 0.25) is 0 Å². The number of rotatable bonds is 3. The van der Waals surface area contributed by atoms with Crippen molar-refractivity contribution in [2.45, 2.75) is 19.4 Å². The van der Waals surface area contributed by atoms with Gasteiger partial charge in [0.15, 0.2) is 11.6 Å². The van der Waals surface area contributed by atoms with Gasteiger partial charge in [0.1, 0.15) is 0 Å². The summed E-state index contributed by atoms with van der Waals surface area (Å²) in [7, 11) is 0. The number of nitrogens with one attached hydrogen (secondary N) is 1. The number of hydrogen-bond donors (Lipinski definition) is 2. The molecule has 0 saturated carbocycles. The zero-order chi connectivity index (χ0) is 10.7. The molecular formula is C10H16N4O. The van der Waals surface area contributed by atoms with Crippen LogP contribution in [0.15, 0.2) is 12.4 Å². The summed E-state index contributed by atoms with van der Waals surface area (Å²) >= 11 is 0. The fraction of sp³-hybridized carbons (Fsp3) is 0.600. The largest absolute Gasteiger partial charge is 0.381 e. The topological polar surface area (TPSA) is 73.1 Å². The summed E-state index contributed by atoms with van der Waals surface area (Å²) in [5.74, 6) is 1.64. The van der Waals surface area contributed by atoms with Gasteiger partial charge in [-0.15, -0.1) is 0 Å². The Bertz CT molecular complexity index is 325. The Morgan fingerprint density at radius 1 is 1.53 bits per heavy atom. The van der Waals surface area contributed by atoms with E-state index in [0.29, 0.717) is 23.6 Å². The molecule has 3 N–H and O–H groups in total. The number of nitrogens with two attached hydrogens (primary N) is 1. The zero-order valence-electron chi connectivity index (χ0n) is 8.81. The van der Waals surface area contributed by atoms with E-state index in [2.05, 4.69) is 22.2 Å². The van der Waals surface area contributed by atoms with E-state index in [1.165, 1.54) is 0 Å². The highest BCUT2D eigenvalue weighted by molar-refractivity contribution is 5.55. The molecule has 0 aliphatic carbocycles. The maximum Gasteiger partial charge on any atom is 0.169 e. The second kappa shape index (κ2) is 4.44. The average molecular weight is 208 g/mol. The van der Waals surface area contributed by atoms with Gasteiger partial charge in [-0.1, -0.05) is 0 Å². The van der Waals surface area contributed by atoms with E-state index in [1.54, 1.807) is 12.4 Å². The Hall–Kier alpha value is -1.36. The predicted octanol–water partition coefficient (Wildman–Crippen LogP) is 0.896. The van der Waals surface area contributed by atoms with E-state index < -0.39 is 0 Å². The Kier molecular flexibility index (Phi) is 3.01. The number of aromatic nitrogens is 2. The summed E-state index contributed by atoms with van der Waals surface area (Å²) in [4.78, 5) is 8.13. The van der Waals surface area contributed by atoms with E-state index in [4.69, 9.17) is 10.5 Å². The summed E-state index contributed by atoms with van der Waals surface area (Å²) in [5, 5.41) is 3.27. The van der Waals surface area contributed by atoms with Crippen molar-refractivity contribution in [3.05, 3.63) is 12.4 Å². The van der Waals surface area contributed by atoms with Gasteiger partial charge in [0.25, 0.3) is 0 Å². The first-order valence-electron chi connectivity index (χ1n) is 5.18. The van der Waals surface area contributed by atoms with Gasteiger partial charge in [0.05, 0.1) is 6.61 Å². The van der Waals surface area contributed by atoms with Crippen LogP contribution in [-0.4, -0.2) is 29.2 Å². The lowest BCUT2D eigenvalue weighted by Gasteiger charge is -2.20. The maximum atomic E-state index is 5.70. The molecule has 0 spiro atoms. The van der Waals surface area contributed by atoms with Crippen molar-refractivity contribution < 1.29 is 4.74 Å². The van der Waals surface area contributed by atoms with Crippen molar-refractivity contribution >= 4 is 11.6 Å². The molecule has 2 atom stereocenters. The second-order valence-electron chi connectivity index (χ2n) is 3.85. The van der Waals surface area contributed by atoms with Gasteiger partial charge >= 0.3 is 0 Å². The molecule has 15 heavy (non-hydrogen) atoms. The van der Waals surface area contributed by atoms with Gasteiger partial charge in [-0.2, -0.15) is 0 Å². The summed E-state index contributed by atoms with van der Waals surface area (Å²) < 4.78 is 5.34. The molecule has 1 fully saturated rings.